The van der Waals surface area contributed by atoms with Crippen LogP contribution in [0.1, 0.15) is 23.0 Å². The third-order valence-electron chi connectivity index (χ3n) is 2.97. The Labute approximate surface area is 113 Å². The fourth-order valence-corrected chi connectivity index (χ4v) is 4.34. The van der Waals surface area contributed by atoms with Crippen LogP contribution in [0.25, 0.3) is 20.4 Å². The highest BCUT2D eigenvalue weighted by molar-refractivity contribution is 7.28. The van der Waals surface area contributed by atoms with Crippen LogP contribution in [0, 0.1) is 0 Å². The van der Waals surface area contributed by atoms with Crippen LogP contribution >= 0.6 is 22.7 Å². The monoisotopic (exact) mass is 279 g/mol. The van der Waals surface area contributed by atoms with Gasteiger partial charge in [0.1, 0.15) is 0 Å². The first-order valence-corrected chi connectivity index (χ1v) is 7.46. The van der Waals surface area contributed by atoms with Crippen LogP contribution in [-0.4, -0.2) is 18.0 Å². The van der Waals surface area contributed by atoms with Crippen LogP contribution in [0.5, 0.6) is 5.06 Å². The van der Waals surface area contributed by atoms with Crippen molar-refractivity contribution in [3.05, 3.63) is 17.0 Å². The molecule has 0 saturated carbocycles. The second-order valence-corrected chi connectivity index (χ2v) is 6.22. The van der Waals surface area contributed by atoms with E-state index in [1.165, 1.54) is 20.4 Å². The van der Waals surface area contributed by atoms with Gasteiger partial charge in [-0.1, -0.05) is 18.3 Å². The van der Waals surface area contributed by atoms with E-state index in [4.69, 9.17) is 4.74 Å². The molecule has 0 atom stereocenters. The Balaban J connectivity index is 2.36. The number of rotatable bonds is 4. The van der Waals surface area contributed by atoms with E-state index in [1.807, 2.05) is 6.07 Å². The van der Waals surface area contributed by atoms with Gasteiger partial charge in [0.15, 0.2) is 11.3 Å². The molecule has 0 N–H and O–H groups in total. The summed E-state index contributed by atoms with van der Waals surface area (Å²) in [5.41, 5.74) is 2.39. The second kappa shape index (κ2) is 4.40. The van der Waals surface area contributed by atoms with Crippen LogP contribution in [0.15, 0.2) is 12.1 Å². The minimum atomic E-state index is 0.791. The van der Waals surface area contributed by atoms with Crippen molar-refractivity contribution in [2.24, 2.45) is 0 Å². The van der Waals surface area contributed by atoms with Gasteiger partial charge < -0.3 is 9.30 Å². The SMILES string of the molecule is CCCn1c2cc(C=O)sc2c2sc(OC)cc21. The number of aromatic nitrogens is 1. The Morgan fingerprint density at radius 2 is 2.00 bits per heavy atom. The number of ether oxygens (including phenoxy) is 1. The number of carbonyl (C=O) groups excluding carboxylic acids is 1. The Morgan fingerprint density at radius 1 is 1.28 bits per heavy atom. The standard InChI is InChI=1S/C13H13NO2S2/c1-3-4-14-9-5-8(7-15)17-12(9)13-10(14)6-11(16-2)18-13/h5-7H,3-4H2,1-2H3. The van der Waals surface area contributed by atoms with Gasteiger partial charge in [-0.05, 0) is 12.5 Å². The Morgan fingerprint density at radius 3 is 2.67 bits per heavy atom. The first-order valence-electron chi connectivity index (χ1n) is 5.83. The number of hydrogen-bond acceptors (Lipinski definition) is 4. The minimum absolute atomic E-state index is 0.791. The van der Waals surface area contributed by atoms with Gasteiger partial charge in [-0.25, -0.2) is 0 Å². The first kappa shape index (κ1) is 11.7. The molecule has 0 aliphatic carbocycles. The molecule has 3 heterocycles. The van der Waals surface area contributed by atoms with Crippen LogP contribution < -0.4 is 4.74 Å². The molecule has 18 heavy (non-hydrogen) atoms. The van der Waals surface area contributed by atoms with Crippen molar-refractivity contribution in [2.45, 2.75) is 19.9 Å². The number of thiophene rings is 2. The van der Waals surface area contributed by atoms with E-state index in [-0.39, 0.29) is 0 Å². The van der Waals surface area contributed by atoms with Crippen LogP contribution in [0.3, 0.4) is 0 Å². The van der Waals surface area contributed by atoms with Gasteiger partial charge in [-0.2, -0.15) is 0 Å². The normalized spacial score (nSPS) is 11.4. The Bertz CT molecular complexity index is 720. The van der Waals surface area contributed by atoms with Crippen molar-refractivity contribution in [3.63, 3.8) is 0 Å². The van der Waals surface area contributed by atoms with E-state index in [2.05, 4.69) is 17.6 Å². The number of aryl methyl sites for hydroxylation is 1. The maximum atomic E-state index is 10.9. The lowest BCUT2D eigenvalue weighted by molar-refractivity contribution is 0.112. The van der Waals surface area contributed by atoms with Crippen molar-refractivity contribution in [2.75, 3.05) is 7.11 Å². The Hall–Kier alpha value is -1.33. The van der Waals surface area contributed by atoms with Gasteiger partial charge in [0.25, 0.3) is 0 Å². The number of aldehydes is 1. The molecular formula is C13H13NO2S2. The smallest absolute Gasteiger partial charge is 0.176 e. The number of carbonyl (C=O) groups is 1. The third-order valence-corrected chi connectivity index (χ3v) is 5.27. The lowest BCUT2D eigenvalue weighted by Crippen LogP contribution is -1.94. The van der Waals surface area contributed by atoms with Gasteiger partial charge in [0, 0.05) is 12.6 Å². The van der Waals surface area contributed by atoms with Gasteiger partial charge in [0.2, 0.25) is 0 Å². The summed E-state index contributed by atoms with van der Waals surface area (Å²) in [6, 6.07) is 4.07. The highest BCUT2D eigenvalue weighted by atomic mass is 32.1. The van der Waals surface area contributed by atoms with E-state index < -0.39 is 0 Å². The highest BCUT2D eigenvalue weighted by Gasteiger charge is 2.16. The zero-order valence-electron chi connectivity index (χ0n) is 10.2. The minimum Gasteiger partial charge on any atom is -0.487 e. The molecular weight excluding hydrogens is 266 g/mol. The molecule has 3 nitrogen and oxygen atoms in total. The third kappa shape index (κ3) is 1.58. The summed E-state index contributed by atoms with van der Waals surface area (Å²) in [7, 11) is 1.69. The predicted molar refractivity (Wildman–Crippen MR) is 77.4 cm³/mol. The number of nitrogens with zero attached hydrogens (tertiary/aromatic N) is 1. The average Bonchev–Trinajstić information content (AvgIpc) is 3.03. The first-order chi connectivity index (χ1) is 8.78. The molecule has 3 rings (SSSR count). The summed E-state index contributed by atoms with van der Waals surface area (Å²) >= 11 is 3.21. The molecule has 5 heteroatoms. The molecule has 0 saturated heterocycles. The van der Waals surface area contributed by atoms with Gasteiger partial charge in [0.05, 0.1) is 32.4 Å². The lowest BCUT2D eigenvalue weighted by atomic mass is 10.4. The molecule has 0 aliphatic rings. The average molecular weight is 279 g/mol. The zero-order chi connectivity index (χ0) is 12.7. The van der Waals surface area contributed by atoms with Crippen molar-refractivity contribution in [3.8, 4) is 5.06 Å². The number of hydrogen-bond donors (Lipinski definition) is 0. The quantitative estimate of drug-likeness (QED) is 0.672. The Kier molecular flexibility index (Phi) is 2.87. The van der Waals surface area contributed by atoms with Crippen LogP contribution in [0.2, 0.25) is 0 Å². The lowest BCUT2D eigenvalue weighted by Gasteiger charge is -2.02. The summed E-state index contributed by atoms with van der Waals surface area (Å²) in [6.07, 6.45) is 2.00. The number of fused-ring (bicyclic) bond motifs is 3. The maximum absolute atomic E-state index is 10.9. The fourth-order valence-electron chi connectivity index (χ4n) is 2.24. The van der Waals surface area contributed by atoms with E-state index in [9.17, 15) is 4.79 Å². The van der Waals surface area contributed by atoms with E-state index in [0.29, 0.717) is 0 Å². The maximum Gasteiger partial charge on any atom is 0.176 e. The van der Waals surface area contributed by atoms with Crippen molar-refractivity contribution in [1.82, 2.24) is 4.57 Å². The van der Waals surface area contributed by atoms with E-state index in [0.717, 1.165) is 29.2 Å². The van der Waals surface area contributed by atoms with Crippen LogP contribution in [0.4, 0.5) is 0 Å². The summed E-state index contributed by atoms with van der Waals surface area (Å²) < 4.78 is 10.0. The molecule has 3 aromatic rings. The summed E-state index contributed by atoms with van der Waals surface area (Å²) in [5.74, 6) is 0. The van der Waals surface area contributed by atoms with Crippen molar-refractivity contribution >= 4 is 49.4 Å². The molecule has 0 aromatic carbocycles. The largest absolute Gasteiger partial charge is 0.487 e. The molecule has 0 fully saturated rings. The van der Waals surface area contributed by atoms with Gasteiger partial charge in [-0.3, -0.25) is 4.79 Å². The van der Waals surface area contributed by atoms with E-state index in [1.54, 1.807) is 29.8 Å². The van der Waals surface area contributed by atoms with Crippen molar-refractivity contribution in [1.29, 1.82) is 0 Å². The van der Waals surface area contributed by atoms with Gasteiger partial charge >= 0.3 is 0 Å². The number of methoxy groups -OCH3 is 1. The zero-order valence-corrected chi connectivity index (χ0v) is 11.9. The van der Waals surface area contributed by atoms with Gasteiger partial charge in [-0.15, -0.1) is 11.3 Å². The topological polar surface area (TPSA) is 31.2 Å². The second-order valence-electron chi connectivity index (χ2n) is 4.12. The fraction of sp³-hybridized carbons (Fsp3) is 0.308. The van der Waals surface area contributed by atoms with Crippen LogP contribution in [-0.2, 0) is 6.54 Å². The molecule has 0 unspecified atom stereocenters. The van der Waals surface area contributed by atoms with Crippen molar-refractivity contribution < 1.29 is 9.53 Å². The summed E-state index contributed by atoms with van der Waals surface area (Å²) in [6.45, 7) is 3.13. The molecule has 0 bridgehead atoms. The summed E-state index contributed by atoms with van der Waals surface area (Å²) in [5, 5.41) is 0.924. The molecule has 0 aliphatic heterocycles. The molecule has 0 amide bonds. The van der Waals surface area contributed by atoms with E-state index >= 15 is 0 Å². The molecule has 0 radical (unpaired) electrons. The molecule has 0 spiro atoms. The predicted octanol–water partition coefficient (Wildman–Crippen LogP) is 4.15. The summed E-state index contributed by atoms with van der Waals surface area (Å²) in [4.78, 5) is 11.7. The highest BCUT2D eigenvalue weighted by Crippen LogP contribution is 2.42. The molecule has 3 aromatic heterocycles. The molecule has 94 valence electrons.